The Morgan fingerprint density at radius 1 is 1.33 bits per heavy atom. The van der Waals surface area contributed by atoms with Crippen molar-refractivity contribution in [1.29, 1.82) is 0 Å². The molecule has 1 aliphatic heterocycles. The fraction of sp³-hybridized carbons (Fsp3) is 0.250. The van der Waals surface area contributed by atoms with E-state index in [0.717, 1.165) is 5.56 Å². The molecule has 0 bridgehead atoms. The Balaban J connectivity index is 1.79. The average molecular weight is 249 g/mol. The number of hydroxylamine groups is 1. The molecule has 0 aliphatic carbocycles. The van der Waals surface area contributed by atoms with E-state index in [-0.39, 0.29) is 13.0 Å². The summed E-state index contributed by atoms with van der Waals surface area (Å²) in [5, 5.41) is 0. The SMILES string of the molecule is O=C1C[C@@H](C(=O)NOCc2ccccc2)C(=O)O1. The summed E-state index contributed by atoms with van der Waals surface area (Å²) in [7, 11) is 0. The Morgan fingerprint density at radius 3 is 2.67 bits per heavy atom. The first-order valence-corrected chi connectivity index (χ1v) is 5.37. The number of ether oxygens (including phenoxy) is 1. The number of carbonyl (C=O) groups excluding carboxylic acids is 3. The molecule has 1 heterocycles. The van der Waals surface area contributed by atoms with Crippen LogP contribution in [0.3, 0.4) is 0 Å². The van der Waals surface area contributed by atoms with Gasteiger partial charge in [0, 0.05) is 0 Å². The second-order valence-corrected chi connectivity index (χ2v) is 3.79. The molecule has 2 rings (SSSR count). The molecule has 1 N–H and O–H groups in total. The van der Waals surface area contributed by atoms with Gasteiger partial charge in [-0.25, -0.2) is 5.48 Å². The third-order valence-corrected chi connectivity index (χ3v) is 2.44. The Labute approximate surface area is 103 Å². The Kier molecular flexibility index (Phi) is 3.69. The van der Waals surface area contributed by atoms with Gasteiger partial charge in [-0.1, -0.05) is 30.3 Å². The zero-order chi connectivity index (χ0) is 13.0. The number of nitrogens with one attached hydrogen (secondary N) is 1. The van der Waals surface area contributed by atoms with Crippen LogP contribution in [0.1, 0.15) is 12.0 Å². The fourth-order valence-corrected chi connectivity index (χ4v) is 1.51. The van der Waals surface area contributed by atoms with Gasteiger partial charge in [-0.2, -0.15) is 0 Å². The van der Waals surface area contributed by atoms with Crippen LogP contribution in [-0.2, 0) is 30.6 Å². The molecule has 1 amide bonds. The van der Waals surface area contributed by atoms with E-state index in [9.17, 15) is 14.4 Å². The molecule has 94 valence electrons. The lowest BCUT2D eigenvalue weighted by Gasteiger charge is -2.07. The molecule has 1 saturated heterocycles. The van der Waals surface area contributed by atoms with Gasteiger partial charge in [0.15, 0.2) is 0 Å². The third kappa shape index (κ3) is 2.92. The first-order valence-electron chi connectivity index (χ1n) is 5.37. The number of benzene rings is 1. The summed E-state index contributed by atoms with van der Waals surface area (Å²) in [4.78, 5) is 38.4. The summed E-state index contributed by atoms with van der Waals surface area (Å²) in [6.45, 7) is 0.183. The van der Waals surface area contributed by atoms with Gasteiger partial charge < -0.3 is 4.74 Å². The summed E-state index contributed by atoms with van der Waals surface area (Å²) >= 11 is 0. The standard InChI is InChI=1S/C12H11NO5/c14-10-6-9(12(16)18-10)11(15)13-17-7-8-4-2-1-3-5-8/h1-5,9H,6-7H2,(H,13,15)/t9-/m0/s1. The number of rotatable bonds is 4. The average Bonchev–Trinajstić information content (AvgIpc) is 2.70. The molecule has 1 aromatic rings. The van der Waals surface area contributed by atoms with E-state index in [1.807, 2.05) is 30.3 Å². The van der Waals surface area contributed by atoms with Crippen molar-refractivity contribution in [3.05, 3.63) is 35.9 Å². The van der Waals surface area contributed by atoms with Crippen LogP contribution >= 0.6 is 0 Å². The van der Waals surface area contributed by atoms with Crippen molar-refractivity contribution in [2.75, 3.05) is 0 Å². The molecule has 0 radical (unpaired) electrons. The second kappa shape index (κ2) is 5.42. The first-order chi connectivity index (χ1) is 8.66. The van der Waals surface area contributed by atoms with Crippen molar-refractivity contribution in [2.24, 2.45) is 5.92 Å². The molecule has 0 saturated carbocycles. The van der Waals surface area contributed by atoms with E-state index >= 15 is 0 Å². The lowest BCUT2D eigenvalue weighted by molar-refractivity contribution is -0.155. The van der Waals surface area contributed by atoms with Crippen molar-refractivity contribution in [2.45, 2.75) is 13.0 Å². The summed E-state index contributed by atoms with van der Waals surface area (Å²) in [5.74, 6) is -3.29. The highest BCUT2D eigenvalue weighted by Gasteiger charge is 2.39. The van der Waals surface area contributed by atoms with Gasteiger partial charge in [0.1, 0.15) is 5.92 Å². The molecule has 0 aromatic heterocycles. The van der Waals surface area contributed by atoms with E-state index in [1.54, 1.807) is 0 Å². The highest BCUT2D eigenvalue weighted by molar-refractivity contribution is 6.07. The van der Waals surface area contributed by atoms with Gasteiger partial charge >= 0.3 is 11.9 Å². The number of hydrogen-bond acceptors (Lipinski definition) is 5. The molecule has 0 unspecified atom stereocenters. The van der Waals surface area contributed by atoms with Gasteiger partial charge in [-0.05, 0) is 5.56 Å². The summed E-state index contributed by atoms with van der Waals surface area (Å²) in [6, 6.07) is 9.21. The maximum Gasteiger partial charge on any atom is 0.326 e. The van der Waals surface area contributed by atoms with Gasteiger partial charge in [0.25, 0.3) is 5.91 Å². The van der Waals surface area contributed by atoms with Gasteiger partial charge in [0.05, 0.1) is 13.0 Å². The molecule has 6 heteroatoms. The minimum absolute atomic E-state index is 0.183. The van der Waals surface area contributed by atoms with Crippen molar-refractivity contribution < 1.29 is 24.0 Å². The van der Waals surface area contributed by atoms with Crippen LogP contribution in [-0.4, -0.2) is 17.8 Å². The van der Waals surface area contributed by atoms with Crippen molar-refractivity contribution in [3.8, 4) is 0 Å². The number of esters is 2. The van der Waals surface area contributed by atoms with Gasteiger partial charge in [-0.15, -0.1) is 0 Å². The number of carbonyl (C=O) groups is 3. The molecule has 1 aromatic carbocycles. The van der Waals surface area contributed by atoms with Crippen LogP contribution < -0.4 is 5.48 Å². The van der Waals surface area contributed by atoms with E-state index in [1.165, 1.54) is 0 Å². The molecule has 6 nitrogen and oxygen atoms in total. The molecule has 18 heavy (non-hydrogen) atoms. The third-order valence-electron chi connectivity index (χ3n) is 2.44. The summed E-state index contributed by atoms with van der Waals surface area (Å²) in [5.41, 5.74) is 3.01. The van der Waals surface area contributed by atoms with Crippen molar-refractivity contribution >= 4 is 17.8 Å². The molecule has 0 spiro atoms. The highest BCUT2D eigenvalue weighted by atomic mass is 16.7. The maximum absolute atomic E-state index is 11.5. The van der Waals surface area contributed by atoms with Gasteiger partial charge in [0.2, 0.25) is 0 Å². The van der Waals surface area contributed by atoms with E-state index in [0.29, 0.717) is 0 Å². The lowest BCUT2D eigenvalue weighted by atomic mass is 10.1. The molecular weight excluding hydrogens is 238 g/mol. The monoisotopic (exact) mass is 249 g/mol. The predicted molar refractivity (Wildman–Crippen MR) is 58.6 cm³/mol. The maximum atomic E-state index is 11.5. The summed E-state index contributed by atoms with van der Waals surface area (Å²) in [6.07, 6.45) is -0.237. The van der Waals surface area contributed by atoms with E-state index in [2.05, 4.69) is 10.2 Å². The molecular formula is C12H11NO5. The normalized spacial score (nSPS) is 18.6. The van der Waals surface area contributed by atoms with Crippen LogP contribution in [0.25, 0.3) is 0 Å². The second-order valence-electron chi connectivity index (χ2n) is 3.79. The lowest BCUT2D eigenvalue weighted by Crippen LogP contribution is -2.33. The highest BCUT2D eigenvalue weighted by Crippen LogP contribution is 2.15. The quantitative estimate of drug-likeness (QED) is 0.472. The van der Waals surface area contributed by atoms with Crippen LogP contribution in [0.4, 0.5) is 0 Å². The molecule has 1 atom stereocenters. The van der Waals surface area contributed by atoms with Gasteiger partial charge in [-0.3, -0.25) is 19.2 Å². The van der Waals surface area contributed by atoms with Crippen molar-refractivity contribution in [3.63, 3.8) is 0 Å². The van der Waals surface area contributed by atoms with Crippen molar-refractivity contribution in [1.82, 2.24) is 5.48 Å². The van der Waals surface area contributed by atoms with Crippen LogP contribution in [0.15, 0.2) is 30.3 Å². The topological polar surface area (TPSA) is 81.7 Å². The molecule has 1 fully saturated rings. The van der Waals surface area contributed by atoms with Crippen LogP contribution in [0.5, 0.6) is 0 Å². The number of hydrogen-bond donors (Lipinski definition) is 1. The minimum atomic E-state index is -1.10. The number of cyclic esters (lactones) is 2. The zero-order valence-corrected chi connectivity index (χ0v) is 9.42. The number of amides is 1. The fourth-order valence-electron chi connectivity index (χ4n) is 1.51. The Hall–Kier alpha value is -2.21. The minimum Gasteiger partial charge on any atom is -0.393 e. The first kappa shape index (κ1) is 12.3. The zero-order valence-electron chi connectivity index (χ0n) is 9.42. The largest absolute Gasteiger partial charge is 0.393 e. The van der Waals surface area contributed by atoms with E-state index < -0.39 is 23.8 Å². The Bertz CT molecular complexity index is 471. The Morgan fingerprint density at radius 2 is 2.06 bits per heavy atom. The smallest absolute Gasteiger partial charge is 0.326 e. The predicted octanol–water partition coefficient (Wildman–Crippen LogP) is 0.324. The van der Waals surface area contributed by atoms with Crippen LogP contribution in [0.2, 0.25) is 0 Å². The van der Waals surface area contributed by atoms with Crippen LogP contribution in [0, 0.1) is 5.92 Å². The summed E-state index contributed by atoms with van der Waals surface area (Å²) < 4.78 is 4.27. The van der Waals surface area contributed by atoms with E-state index in [4.69, 9.17) is 4.84 Å². The molecule has 1 aliphatic rings.